The number of aromatic hydroxyl groups is 1. The molecule has 1 saturated heterocycles. The minimum atomic E-state index is -0.451. The molecule has 2 aromatic rings. The van der Waals surface area contributed by atoms with Crippen molar-refractivity contribution >= 4 is 46.3 Å². The summed E-state index contributed by atoms with van der Waals surface area (Å²) in [5.41, 5.74) is 0.956. The standard InChI is InChI=1S/C18H14ClNO5S/c1-24-13-6-10(7-14(25-2)16(13)21)8-15-17(22)20(18(23)26-15)12-5-3-4-11(19)9-12/h3-9,21H,1-2H3/b15-8-. The van der Waals surface area contributed by atoms with Crippen LogP contribution in [0.5, 0.6) is 17.2 Å². The molecule has 0 unspecified atom stereocenters. The van der Waals surface area contributed by atoms with Crippen molar-refractivity contribution in [3.8, 4) is 17.2 Å². The number of phenols is 1. The number of carbonyl (C=O) groups excluding carboxylic acids is 2. The Balaban J connectivity index is 1.98. The molecule has 1 aliphatic heterocycles. The van der Waals surface area contributed by atoms with Crippen molar-refractivity contribution in [3.63, 3.8) is 0 Å². The molecule has 0 saturated carbocycles. The Kier molecular flexibility index (Phi) is 5.11. The summed E-state index contributed by atoms with van der Waals surface area (Å²) in [4.78, 5) is 26.3. The fraction of sp³-hybridized carbons (Fsp3) is 0.111. The van der Waals surface area contributed by atoms with Gasteiger partial charge in [-0.25, -0.2) is 4.90 Å². The fourth-order valence-corrected chi connectivity index (χ4v) is 3.48. The minimum absolute atomic E-state index is 0.140. The minimum Gasteiger partial charge on any atom is -0.502 e. The van der Waals surface area contributed by atoms with Gasteiger partial charge in [-0.05, 0) is 53.7 Å². The summed E-state index contributed by atoms with van der Waals surface area (Å²) >= 11 is 6.76. The van der Waals surface area contributed by atoms with Crippen LogP contribution in [0.15, 0.2) is 41.3 Å². The second kappa shape index (κ2) is 7.31. The molecular weight excluding hydrogens is 378 g/mol. The van der Waals surface area contributed by atoms with E-state index in [0.29, 0.717) is 16.3 Å². The number of hydrogen-bond acceptors (Lipinski definition) is 6. The molecular formula is C18H14ClNO5S. The predicted octanol–water partition coefficient (Wildman–Crippen LogP) is 4.30. The molecule has 1 aliphatic rings. The lowest BCUT2D eigenvalue weighted by Gasteiger charge is -2.12. The number of nitrogens with zero attached hydrogens (tertiary/aromatic N) is 1. The third-order valence-corrected chi connectivity index (χ3v) is 4.76. The number of amides is 2. The number of halogens is 1. The monoisotopic (exact) mass is 391 g/mol. The topological polar surface area (TPSA) is 76.1 Å². The Morgan fingerprint density at radius 2 is 1.77 bits per heavy atom. The van der Waals surface area contributed by atoms with Gasteiger partial charge in [0, 0.05) is 5.02 Å². The summed E-state index contributed by atoms with van der Waals surface area (Å²) in [5, 5.41) is 9.98. The number of phenolic OH excluding ortho intramolecular Hbond substituents is 1. The fourth-order valence-electron chi connectivity index (χ4n) is 2.45. The molecule has 0 aromatic heterocycles. The highest BCUT2D eigenvalue weighted by Gasteiger charge is 2.36. The van der Waals surface area contributed by atoms with Gasteiger partial charge in [0.15, 0.2) is 11.5 Å². The van der Waals surface area contributed by atoms with Crippen LogP contribution in [0.4, 0.5) is 10.5 Å². The zero-order chi connectivity index (χ0) is 18.8. The van der Waals surface area contributed by atoms with Gasteiger partial charge in [-0.2, -0.15) is 0 Å². The van der Waals surface area contributed by atoms with Crippen LogP contribution in [0.2, 0.25) is 5.02 Å². The van der Waals surface area contributed by atoms with Crippen LogP contribution in [0.3, 0.4) is 0 Å². The maximum Gasteiger partial charge on any atom is 0.298 e. The van der Waals surface area contributed by atoms with Gasteiger partial charge < -0.3 is 14.6 Å². The lowest BCUT2D eigenvalue weighted by atomic mass is 10.1. The smallest absolute Gasteiger partial charge is 0.298 e. The zero-order valence-corrected chi connectivity index (χ0v) is 15.4. The van der Waals surface area contributed by atoms with Crippen molar-refractivity contribution in [2.75, 3.05) is 19.1 Å². The molecule has 26 heavy (non-hydrogen) atoms. The Bertz CT molecular complexity index is 903. The number of hydrogen-bond donors (Lipinski definition) is 1. The van der Waals surface area contributed by atoms with Gasteiger partial charge >= 0.3 is 0 Å². The molecule has 8 heteroatoms. The number of benzene rings is 2. The second-order valence-electron chi connectivity index (χ2n) is 5.27. The van der Waals surface area contributed by atoms with Crippen molar-refractivity contribution in [2.24, 2.45) is 0 Å². The van der Waals surface area contributed by atoms with Crippen LogP contribution < -0.4 is 14.4 Å². The highest BCUT2D eigenvalue weighted by molar-refractivity contribution is 8.19. The van der Waals surface area contributed by atoms with Crippen LogP contribution in [-0.4, -0.2) is 30.5 Å². The molecule has 1 heterocycles. The van der Waals surface area contributed by atoms with E-state index in [1.165, 1.54) is 14.2 Å². The van der Waals surface area contributed by atoms with E-state index in [2.05, 4.69) is 0 Å². The average molecular weight is 392 g/mol. The van der Waals surface area contributed by atoms with Crippen molar-refractivity contribution in [2.45, 2.75) is 0 Å². The predicted molar refractivity (Wildman–Crippen MR) is 101 cm³/mol. The van der Waals surface area contributed by atoms with Crippen molar-refractivity contribution in [3.05, 3.63) is 51.9 Å². The molecule has 0 atom stereocenters. The number of anilines is 1. The van der Waals surface area contributed by atoms with E-state index < -0.39 is 11.1 Å². The zero-order valence-electron chi connectivity index (χ0n) is 13.9. The maximum absolute atomic E-state index is 12.7. The number of rotatable bonds is 4. The molecule has 6 nitrogen and oxygen atoms in total. The maximum atomic E-state index is 12.7. The summed E-state index contributed by atoms with van der Waals surface area (Å²) in [5.74, 6) is -0.193. The van der Waals surface area contributed by atoms with Gasteiger partial charge in [-0.3, -0.25) is 9.59 Å². The highest BCUT2D eigenvalue weighted by atomic mass is 35.5. The molecule has 1 fully saturated rings. The van der Waals surface area contributed by atoms with Crippen molar-refractivity contribution in [1.82, 2.24) is 0 Å². The molecule has 2 amide bonds. The highest BCUT2D eigenvalue weighted by Crippen LogP contribution is 2.40. The molecule has 0 spiro atoms. The van der Waals surface area contributed by atoms with Gasteiger partial charge in [-0.15, -0.1) is 0 Å². The van der Waals surface area contributed by atoms with E-state index in [1.54, 1.807) is 42.5 Å². The van der Waals surface area contributed by atoms with Gasteiger partial charge in [0.05, 0.1) is 24.8 Å². The number of imide groups is 1. The molecule has 0 radical (unpaired) electrons. The average Bonchev–Trinajstić information content (AvgIpc) is 2.89. The van der Waals surface area contributed by atoms with E-state index in [1.807, 2.05) is 0 Å². The molecule has 3 rings (SSSR count). The summed E-state index contributed by atoms with van der Waals surface area (Å²) in [6.07, 6.45) is 1.54. The van der Waals surface area contributed by atoms with Gasteiger partial charge in [-0.1, -0.05) is 17.7 Å². The summed E-state index contributed by atoms with van der Waals surface area (Å²) in [6.45, 7) is 0. The number of methoxy groups -OCH3 is 2. The first kappa shape index (κ1) is 18.2. The first-order valence-corrected chi connectivity index (χ1v) is 8.62. The first-order chi connectivity index (χ1) is 12.4. The Morgan fingerprint density at radius 3 is 2.35 bits per heavy atom. The molecule has 1 N–H and O–H groups in total. The van der Waals surface area contributed by atoms with E-state index >= 15 is 0 Å². The third kappa shape index (κ3) is 3.36. The lowest BCUT2D eigenvalue weighted by Crippen LogP contribution is -2.27. The van der Waals surface area contributed by atoms with Gasteiger partial charge in [0.1, 0.15) is 0 Å². The van der Waals surface area contributed by atoms with Crippen molar-refractivity contribution < 1.29 is 24.2 Å². The van der Waals surface area contributed by atoms with E-state index in [-0.39, 0.29) is 22.2 Å². The Labute approximate surface area is 159 Å². The Morgan fingerprint density at radius 1 is 1.12 bits per heavy atom. The van der Waals surface area contributed by atoms with E-state index in [4.69, 9.17) is 21.1 Å². The second-order valence-corrected chi connectivity index (χ2v) is 6.70. The summed E-state index contributed by atoms with van der Waals surface area (Å²) < 4.78 is 10.2. The molecule has 0 aliphatic carbocycles. The quantitative estimate of drug-likeness (QED) is 0.783. The number of thioether (sulfide) groups is 1. The number of ether oxygens (including phenoxy) is 2. The summed E-state index contributed by atoms with van der Waals surface area (Å²) in [6, 6.07) is 9.61. The van der Waals surface area contributed by atoms with E-state index in [9.17, 15) is 14.7 Å². The Hall–Kier alpha value is -2.64. The lowest BCUT2D eigenvalue weighted by molar-refractivity contribution is -0.113. The van der Waals surface area contributed by atoms with Crippen LogP contribution >= 0.6 is 23.4 Å². The van der Waals surface area contributed by atoms with Crippen LogP contribution in [0.1, 0.15) is 5.56 Å². The first-order valence-electron chi connectivity index (χ1n) is 7.43. The largest absolute Gasteiger partial charge is 0.502 e. The summed E-state index contributed by atoms with van der Waals surface area (Å²) in [7, 11) is 2.82. The van der Waals surface area contributed by atoms with Gasteiger partial charge in [0.25, 0.3) is 11.1 Å². The molecule has 0 bridgehead atoms. The normalized spacial score (nSPS) is 15.7. The molecule has 134 valence electrons. The SMILES string of the molecule is COc1cc(/C=C2\SC(=O)N(c3cccc(Cl)c3)C2=O)cc(OC)c1O. The van der Waals surface area contributed by atoms with Crippen LogP contribution in [0.25, 0.3) is 6.08 Å². The van der Waals surface area contributed by atoms with Gasteiger partial charge in [0.2, 0.25) is 5.75 Å². The number of carbonyl (C=O) groups is 2. The third-order valence-electron chi connectivity index (χ3n) is 3.66. The van der Waals surface area contributed by atoms with Crippen LogP contribution in [-0.2, 0) is 4.79 Å². The molecule has 2 aromatic carbocycles. The van der Waals surface area contributed by atoms with Crippen LogP contribution in [0, 0.1) is 0 Å². The van der Waals surface area contributed by atoms with E-state index in [0.717, 1.165) is 16.7 Å². The van der Waals surface area contributed by atoms with Crippen molar-refractivity contribution in [1.29, 1.82) is 0 Å².